The van der Waals surface area contributed by atoms with Gasteiger partial charge in [-0.2, -0.15) is 50.6 Å². The molecule has 2 atom stereocenters. The lowest BCUT2D eigenvalue weighted by atomic mass is 9.99. The van der Waals surface area contributed by atoms with E-state index in [0.29, 0.717) is 116 Å². The van der Waals surface area contributed by atoms with Crippen LogP contribution in [0.25, 0.3) is 84.6 Å². The first-order chi connectivity index (χ1) is 71.9. The fourth-order valence-corrected chi connectivity index (χ4v) is 17.3. The Bertz CT molecular complexity index is 8500. The second-order valence-electron chi connectivity index (χ2n) is 35.7. The number of halogens is 1. The van der Waals surface area contributed by atoms with E-state index in [4.69, 9.17) is 15.0 Å². The number of unbranched alkanes of at least 4 members (excludes halogenated alkanes) is 1. The largest absolute Gasteiger partial charge is 0.505 e. The molecular formula is C106H100FN29O13. The van der Waals surface area contributed by atoms with E-state index in [1.165, 1.54) is 53.5 Å². The highest BCUT2D eigenvalue weighted by molar-refractivity contribution is 5.98. The predicted octanol–water partition coefficient (Wildman–Crippen LogP) is 15.5. The third-order valence-electron chi connectivity index (χ3n) is 25.3. The highest BCUT2D eigenvalue weighted by Crippen LogP contribution is 2.44. The molecule has 5 aliphatic rings. The van der Waals surface area contributed by atoms with E-state index in [-0.39, 0.29) is 99.9 Å². The number of phenolic OH excluding ortho intramolecular Hbond substituents is 1. The van der Waals surface area contributed by atoms with E-state index < -0.39 is 34.6 Å². The number of carboxylic acid groups (broad SMARTS) is 1. The van der Waals surface area contributed by atoms with Crippen LogP contribution in [0.4, 0.5) is 38.5 Å². The van der Waals surface area contributed by atoms with Gasteiger partial charge < -0.3 is 34.2 Å². The van der Waals surface area contributed by atoms with Gasteiger partial charge in [0.15, 0.2) is 34.5 Å². The number of carbonyl (C=O) groups excluding carboxylic acids is 3. The van der Waals surface area contributed by atoms with Crippen molar-refractivity contribution in [1.29, 1.82) is 5.26 Å². The van der Waals surface area contributed by atoms with Crippen LogP contribution in [0, 0.1) is 50.8 Å². The van der Waals surface area contributed by atoms with E-state index in [2.05, 4.69) is 94.6 Å². The van der Waals surface area contributed by atoms with E-state index in [0.717, 1.165) is 79.9 Å². The Morgan fingerprint density at radius 2 is 1.35 bits per heavy atom. The molecule has 5 aliphatic heterocycles. The van der Waals surface area contributed by atoms with Gasteiger partial charge in [-0.05, 0) is 190 Å². The van der Waals surface area contributed by atoms with Crippen LogP contribution in [0.5, 0.6) is 11.5 Å². The molecule has 0 aliphatic carbocycles. The summed E-state index contributed by atoms with van der Waals surface area (Å²) in [6.07, 6.45) is 12.6. The Labute approximate surface area is 847 Å². The minimum atomic E-state index is -0.977. The summed E-state index contributed by atoms with van der Waals surface area (Å²) >= 11 is 0. The number of hydrogen-bond acceptors (Lipinski definition) is 29. The number of rotatable bonds is 22. The number of anilines is 4. The fourth-order valence-electron chi connectivity index (χ4n) is 17.3. The summed E-state index contributed by atoms with van der Waals surface area (Å²) in [7, 11) is 2.03. The number of nitrogens with one attached hydrogen (secondary N) is 4. The smallest absolute Gasteiger partial charge is 0.348 e. The Balaban J connectivity index is 0.000000129. The second-order valence-corrected chi connectivity index (χ2v) is 35.7. The zero-order chi connectivity index (χ0) is 105. The van der Waals surface area contributed by atoms with Gasteiger partial charge in [-0.15, -0.1) is 15.3 Å². The summed E-state index contributed by atoms with van der Waals surface area (Å²) in [5.74, 6) is -1.06. The van der Waals surface area contributed by atoms with E-state index in [1.54, 1.807) is 134 Å². The highest BCUT2D eigenvalue weighted by Gasteiger charge is 2.35. The van der Waals surface area contributed by atoms with E-state index >= 15 is 4.39 Å². The van der Waals surface area contributed by atoms with E-state index in [9.17, 15) is 58.2 Å². The number of aromatic amines is 3. The van der Waals surface area contributed by atoms with Crippen LogP contribution >= 0.6 is 0 Å². The van der Waals surface area contributed by atoms with Crippen molar-refractivity contribution in [2.24, 2.45) is 47.2 Å². The van der Waals surface area contributed by atoms with Gasteiger partial charge in [0, 0.05) is 62.7 Å². The van der Waals surface area contributed by atoms with Crippen LogP contribution in [-0.4, -0.2) is 165 Å². The molecule has 0 saturated carbocycles. The number of aromatic nitrogens is 13. The van der Waals surface area contributed by atoms with Crippen LogP contribution in [0.1, 0.15) is 97.9 Å². The lowest BCUT2D eigenvalue weighted by molar-refractivity contribution is -0.153. The number of nitriles is 1. The van der Waals surface area contributed by atoms with Crippen LogP contribution in [0.15, 0.2) is 314 Å². The molecule has 0 spiro atoms. The Morgan fingerprint density at radius 1 is 0.678 bits per heavy atom. The van der Waals surface area contributed by atoms with Crippen LogP contribution in [-0.2, 0) is 25.7 Å². The third-order valence-corrected chi connectivity index (χ3v) is 25.3. The number of benzene rings is 9. The number of pyridine rings is 2. The fraction of sp³-hybridized carbons (Fsp3) is 0.217. The molecule has 1 saturated heterocycles. The maximum absolute atomic E-state index is 15.3. The van der Waals surface area contributed by atoms with Gasteiger partial charge in [-0.25, -0.2) is 38.4 Å². The molecule has 21 rings (SSSR count). The average molecular weight is 2010 g/mol. The van der Waals surface area contributed by atoms with Crippen molar-refractivity contribution in [3.8, 4) is 62.6 Å². The van der Waals surface area contributed by atoms with Crippen molar-refractivity contribution in [3.05, 3.63) is 357 Å². The van der Waals surface area contributed by atoms with E-state index in [1.807, 2.05) is 162 Å². The third kappa shape index (κ3) is 21.5. The van der Waals surface area contributed by atoms with Crippen LogP contribution in [0.2, 0.25) is 0 Å². The first-order valence-electron chi connectivity index (χ1n) is 47.5. The Hall–Kier alpha value is -19.3. The monoisotopic (exact) mass is 2010 g/mol. The molecular weight excluding hydrogens is 1910 g/mol. The standard InChI is InChI=1S/C26H23N7O3.C25H16N6O2.C25H31N5O3.C19H21FN6O3.C11H9N5O2/c1-15-10-11-20(12-16(15)2)33-26(36)24(17(3)30-33)29-28-22-9-5-8-21(25(22)35)18-6-4-7-19(13-18)32-23(34)14-27-31-32;26-15-18-10-8-17(9-11-18)12-13-23-28-22-7-2-1-6-21(22)25(33)30(23)19-4-3-5-20(14-19)31-24(32)16-27-29-31;1-5-6-11-23(31)29(24(17(2)3)25(32)33)16-19-12-14-20(15-13-19)21-9-7-8-10-22(21)30-18(4)26-27-28-30;1-11-9-29-18-15-12(7-13(20)16(18)24-5-3-23(2)4-6-24)17(27)14(8-25(11)15)26-19(28)21-10-22-26;1-7-3-2-4-15-9(7)12-5-8(10(15)17)16-11(18)13-6-14-16/h4-13,30,35H,14H2,1-3H3;1-14H,16H2;7-10,12-15,17,24H,4-6,11,16H2,1-3H3,(H,26,28)(H,32,33);7-8,10-11H,3-6,9H2,1-2H3,(H,21,22,28);2-6H,1H3,(H,13,14,18)/b;13-12+;;;/t;;24-;11-;/m..00./s1. The number of H-pyrrole nitrogens is 3. The molecule has 149 heavy (non-hydrogen) atoms. The summed E-state index contributed by atoms with van der Waals surface area (Å²) in [6.45, 7) is 22.7. The minimum absolute atomic E-state index is 0.000283. The number of aryl methyl sites for hydroxylation is 4. The number of hydrogen-bond donors (Lipinski definition) is 6. The van der Waals surface area contributed by atoms with Gasteiger partial charge in [-0.3, -0.25) is 57.6 Å². The zero-order valence-electron chi connectivity index (χ0n) is 82.3. The van der Waals surface area contributed by atoms with Gasteiger partial charge in [0.1, 0.15) is 66.9 Å². The molecule has 6 N–H and O–H groups in total. The maximum Gasteiger partial charge on any atom is 0.348 e. The maximum atomic E-state index is 15.3. The normalized spacial score (nSPS) is 14.3. The van der Waals surface area contributed by atoms with Crippen molar-refractivity contribution in [1.82, 2.24) is 78.1 Å². The number of aromatic hydroxyl groups is 1. The molecule has 754 valence electrons. The van der Waals surface area contributed by atoms with Crippen molar-refractivity contribution in [2.45, 2.75) is 93.3 Å². The van der Waals surface area contributed by atoms with Crippen molar-refractivity contribution < 1.29 is 38.5 Å². The zero-order valence-corrected chi connectivity index (χ0v) is 82.3. The first kappa shape index (κ1) is 101. The first-order valence-corrected chi connectivity index (χ1v) is 47.5. The van der Waals surface area contributed by atoms with Crippen molar-refractivity contribution in [2.75, 3.05) is 72.8 Å². The summed E-state index contributed by atoms with van der Waals surface area (Å²) in [5.41, 5.74) is 15.3. The number of piperazine rings is 1. The highest BCUT2D eigenvalue weighted by atomic mass is 19.1. The number of carboxylic acids is 1. The summed E-state index contributed by atoms with van der Waals surface area (Å²) in [4.78, 5) is 144. The van der Waals surface area contributed by atoms with Crippen LogP contribution < -0.4 is 63.7 Å². The topological polar surface area (TPSA) is 503 Å². The molecule has 16 aromatic rings. The number of likely N-dealkylation sites (N-methyl/N-ethyl adjacent to an activating group) is 1. The van der Waals surface area contributed by atoms with Crippen molar-refractivity contribution in [3.63, 3.8) is 0 Å². The number of fused-ring (bicyclic) bond motifs is 2. The second kappa shape index (κ2) is 44.3. The molecule has 0 bridgehead atoms. The number of aliphatic carboxylic acids is 1. The summed E-state index contributed by atoms with van der Waals surface area (Å²) in [5, 5.41) is 76.6. The lowest BCUT2D eigenvalue weighted by Gasteiger charge is -2.37. The molecule has 3 amide bonds. The molecule has 12 heterocycles. The molecule has 7 aromatic heterocycles. The molecule has 1 fully saturated rings. The summed E-state index contributed by atoms with van der Waals surface area (Å²) < 4.78 is 29.4. The predicted molar refractivity (Wildman–Crippen MR) is 558 cm³/mol. The average Bonchev–Trinajstić information content (AvgIpc) is 1.41. The molecule has 0 unspecified atom stereocenters. The lowest BCUT2D eigenvalue weighted by Crippen LogP contribution is -2.47. The molecule has 43 heteroatoms. The number of nitrogens with zero attached hydrogens (tertiary/aromatic N) is 25. The Morgan fingerprint density at radius 3 is 2.01 bits per heavy atom. The number of azo groups is 1. The Kier molecular flexibility index (Phi) is 30.1. The molecule has 0 radical (unpaired) electrons. The quantitative estimate of drug-likeness (QED) is 0.0343. The van der Waals surface area contributed by atoms with Crippen molar-refractivity contribution >= 4 is 97.4 Å². The number of hydrazine groups is 1. The van der Waals surface area contributed by atoms with Crippen LogP contribution in [0.3, 0.4) is 0 Å². The number of amides is 3. The number of carbonyl (C=O) groups is 4. The SMILES string of the molecule is C=C1N=NNN1c1ccccc1-c1ccc(CN(C(=O)CCCC)[C@H](C(=O)O)C(C)C)cc1.C[C@H]1COc2c(N3CCN(C)CC3)c(F)cc3c(=O)c(-n4nc[nH]c4=O)cn1c23.Cc1ccc(-n2[nH]c(C)c(N=Nc3cccc(-c4cccc(N5N=NCC5=O)c4)c3O)c2=O)cc1C.Cc1cccn2c(=O)c(-n3nc[nH]c3=O)cnc12.N#Cc1ccc(/C=C/c2nc3ccccc3c(=O)n2-c2cccc(N3N=NCC3=O)c2)cc1. The molecule has 9 aromatic carbocycles. The van der Waals surface area contributed by atoms with Gasteiger partial charge in [0.2, 0.25) is 11.3 Å². The number of para-hydroxylation sites is 3. The number of ether oxygens (including phenoxy) is 1. The summed E-state index contributed by atoms with van der Waals surface area (Å²) in [6, 6.07) is 60.7. The van der Waals surface area contributed by atoms with Gasteiger partial charge in [-0.1, -0.05) is 165 Å². The van der Waals surface area contributed by atoms with Gasteiger partial charge in [0.05, 0.1) is 79.8 Å². The number of phenols is 1. The van der Waals surface area contributed by atoms with Gasteiger partial charge >= 0.3 is 17.3 Å². The van der Waals surface area contributed by atoms with Gasteiger partial charge in [0.25, 0.3) is 28.5 Å². The minimum Gasteiger partial charge on any atom is -0.505 e. The molecule has 42 nitrogen and oxygen atoms in total.